The highest BCUT2D eigenvalue weighted by atomic mass is 16.6. The lowest BCUT2D eigenvalue weighted by molar-refractivity contribution is -0.119. The van der Waals surface area contributed by atoms with Gasteiger partial charge in [0.05, 0.1) is 12.2 Å². The van der Waals surface area contributed by atoms with Crippen LogP contribution >= 0.6 is 0 Å². The number of aliphatic hydroxyl groups excluding tert-OH is 1. The van der Waals surface area contributed by atoms with Crippen molar-refractivity contribution in [2.24, 2.45) is 28.6 Å². The van der Waals surface area contributed by atoms with Gasteiger partial charge in [-0.3, -0.25) is 4.79 Å². The fraction of sp³-hybridized carbons (Fsp3) is 0.857. The first-order chi connectivity index (χ1) is 11.3. The fourth-order valence-electron chi connectivity index (χ4n) is 7.77. The van der Waals surface area contributed by atoms with Crippen molar-refractivity contribution in [3.8, 4) is 0 Å². The summed E-state index contributed by atoms with van der Waals surface area (Å²) < 4.78 is 6.35. The number of rotatable bonds is 1. The Hall–Kier alpha value is -0.670. The number of hydrogen-bond donors (Lipinski definition) is 1. The number of epoxide rings is 1. The lowest BCUT2D eigenvalue weighted by Gasteiger charge is -2.58. The third kappa shape index (κ3) is 1.64. The van der Waals surface area contributed by atoms with Crippen LogP contribution in [-0.2, 0) is 9.53 Å². The Morgan fingerprint density at radius 3 is 2.79 bits per heavy atom. The van der Waals surface area contributed by atoms with Gasteiger partial charge in [0.2, 0.25) is 0 Å². The van der Waals surface area contributed by atoms with Gasteiger partial charge in [0.25, 0.3) is 0 Å². The molecule has 1 aliphatic heterocycles. The molecule has 0 amide bonds. The molecular formula is C21H30O3. The van der Waals surface area contributed by atoms with Gasteiger partial charge in [-0.15, -0.1) is 0 Å². The van der Waals surface area contributed by atoms with Crippen molar-refractivity contribution in [1.29, 1.82) is 0 Å². The van der Waals surface area contributed by atoms with Gasteiger partial charge in [-0.05, 0) is 74.2 Å². The van der Waals surface area contributed by atoms with E-state index in [0.29, 0.717) is 23.9 Å². The predicted octanol–water partition coefficient (Wildman–Crippen LogP) is 3.65. The van der Waals surface area contributed by atoms with E-state index in [-0.39, 0.29) is 28.3 Å². The maximum Gasteiger partial charge on any atom is 0.156 e. The summed E-state index contributed by atoms with van der Waals surface area (Å²) in [5.74, 6) is 2.26. The van der Waals surface area contributed by atoms with Gasteiger partial charge < -0.3 is 9.84 Å². The van der Waals surface area contributed by atoms with Gasteiger partial charge in [-0.25, -0.2) is 0 Å². The van der Waals surface area contributed by atoms with E-state index in [1.54, 1.807) is 6.92 Å². The normalized spacial score (nSPS) is 58.0. The van der Waals surface area contributed by atoms with Gasteiger partial charge >= 0.3 is 0 Å². The second-order valence-electron chi connectivity index (χ2n) is 9.79. The first kappa shape index (κ1) is 15.6. The first-order valence-electron chi connectivity index (χ1n) is 9.89. The zero-order chi connectivity index (χ0) is 16.9. The molecule has 0 aromatic rings. The van der Waals surface area contributed by atoms with E-state index in [9.17, 15) is 9.90 Å². The molecule has 3 nitrogen and oxygen atoms in total. The standard InChI is InChI=1S/C21H30O3/c1-12(22)15-4-5-16-14-10-18-21(24-18)11-13(23)6-9-20(21,3)17(14)7-8-19(15,16)2/h4,13-14,16-18,23H,5-11H2,1-3H3/t13-,14-,16-,17-,18-,19+,20+,21-/m0/s1. The largest absolute Gasteiger partial charge is 0.393 e. The zero-order valence-corrected chi connectivity index (χ0v) is 15.2. The lowest BCUT2D eigenvalue weighted by atomic mass is 9.44. The van der Waals surface area contributed by atoms with Gasteiger partial charge in [0.15, 0.2) is 5.78 Å². The summed E-state index contributed by atoms with van der Waals surface area (Å²) in [6, 6.07) is 0. The molecule has 24 heavy (non-hydrogen) atoms. The summed E-state index contributed by atoms with van der Waals surface area (Å²) in [5.41, 5.74) is 1.38. The van der Waals surface area contributed by atoms with Crippen LogP contribution in [0.25, 0.3) is 0 Å². The average Bonchev–Trinajstić information content (AvgIpc) is 3.08. The maximum absolute atomic E-state index is 12.1. The van der Waals surface area contributed by atoms with Crippen molar-refractivity contribution in [1.82, 2.24) is 0 Å². The molecule has 5 aliphatic rings. The second-order valence-corrected chi connectivity index (χ2v) is 9.79. The minimum Gasteiger partial charge on any atom is -0.393 e. The van der Waals surface area contributed by atoms with Crippen LogP contribution in [0.4, 0.5) is 0 Å². The minimum absolute atomic E-state index is 0.0327. The molecule has 0 radical (unpaired) electrons. The highest BCUT2D eigenvalue weighted by molar-refractivity contribution is 5.95. The van der Waals surface area contributed by atoms with Crippen molar-refractivity contribution >= 4 is 5.78 Å². The van der Waals surface area contributed by atoms with Crippen LogP contribution in [-0.4, -0.2) is 28.7 Å². The summed E-state index contributed by atoms with van der Waals surface area (Å²) in [5, 5.41) is 10.2. The molecule has 0 unspecified atom stereocenters. The smallest absolute Gasteiger partial charge is 0.156 e. The van der Waals surface area contributed by atoms with Crippen molar-refractivity contribution in [2.45, 2.75) is 83.5 Å². The Labute approximate surface area is 144 Å². The average molecular weight is 330 g/mol. The van der Waals surface area contributed by atoms with Crippen molar-refractivity contribution < 1.29 is 14.6 Å². The highest BCUT2D eigenvalue weighted by Crippen LogP contribution is 2.73. The Morgan fingerprint density at radius 1 is 1.25 bits per heavy atom. The van der Waals surface area contributed by atoms with E-state index in [1.807, 2.05) is 0 Å². The zero-order valence-electron chi connectivity index (χ0n) is 15.2. The number of fused-ring (bicyclic) bond motifs is 4. The minimum atomic E-state index is -0.175. The topological polar surface area (TPSA) is 49.8 Å². The van der Waals surface area contributed by atoms with Crippen molar-refractivity contribution in [3.05, 3.63) is 11.6 Å². The van der Waals surface area contributed by atoms with Crippen molar-refractivity contribution in [2.75, 3.05) is 0 Å². The molecule has 3 saturated carbocycles. The number of aliphatic hydroxyl groups is 1. The first-order valence-corrected chi connectivity index (χ1v) is 9.89. The van der Waals surface area contributed by atoms with E-state index >= 15 is 0 Å². The molecule has 1 spiro atoms. The van der Waals surface area contributed by atoms with Crippen LogP contribution in [0.3, 0.4) is 0 Å². The van der Waals surface area contributed by atoms with Gasteiger partial charge in [0.1, 0.15) is 5.60 Å². The van der Waals surface area contributed by atoms with Gasteiger partial charge in [-0.1, -0.05) is 19.9 Å². The summed E-state index contributed by atoms with van der Waals surface area (Å²) in [6.07, 6.45) is 9.87. The SMILES string of the molecule is CC(=O)C1=CC[C@H]2[C@@H]3C[C@@H]4O[C@@]45C[C@@H](O)CC[C@]5(C)[C@H]3CC[C@]12C. The monoisotopic (exact) mass is 330 g/mol. The third-order valence-electron chi connectivity index (χ3n) is 9.02. The van der Waals surface area contributed by atoms with E-state index in [4.69, 9.17) is 4.74 Å². The maximum atomic E-state index is 12.1. The Kier molecular flexibility index (Phi) is 2.94. The van der Waals surface area contributed by atoms with Gasteiger partial charge in [-0.2, -0.15) is 0 Å². The molecule has 4 aliphatic carbocycles. The molecule has 0 aromatic heterocycles. The molecule has 1 heterocycles. The molecule has 1 saturated heterocycles. The molecule has 4 fully saturated rings. The second kappa shape index (κ2) is 4.54. The van der Waals surface area contributed by atoms with Crippen LogP contribution < -0.4 is 0 Å². The van der Waals surface area contributed by atoms with Crippen LogP contribution in [0.15, 0.2) is 11.6 Å². The Balaban J connectivity index is 1.50. The third-order valence-corrected chi connectivity index (χ3v) is 9.02. The van der Waals surface area contributed by atoms with E-state index in [2.05, 4.69) is 19.9 Å². The van der Waals surface area contributed by atoms with Crippen LogP contribution in [0.2, 0.25) is 0 Å². The molecule has 0 aromatic carbocycles. The number of hydrogen-bond acceptors (Lipinski definition) is 3. The van der Waals surface area contributed by atoms with E-state index in [0.717, 1.165) is 44.1 Å². The number of Topliss-reactive ketones (excluding diaryl/α,β-unsaturated/α-hetero) is 1. The molecule has 3 heteroatoms. The number of ketones is 1. The Morgan fingerprint density at radius 2 is 2.04 bits per heavy atom. The van der Waals surface area contributed by atoms with E-state index in [1.165, 1.54) is 6.42 Å². The Bertz CT molecular complexity index is 639. The van der Waals surface area contributed by atoms with Crippen LogP contribution in [0.1, 0.15) is 65.7 Å². The predicted molar refractivity (Wildman–Crippen MR) is 91.4 cm³/mol. The summed E-state index contributed by atoms with van der Waals surface area (Å²) >= 11 is 0. The molecule has 5 rings (SSSR count). The summed E-state index contributed by atoms with van der Waals surface area (Å²) in [7, 11) is 0. The number of carbonyl (C=O) groups is 1. The molecule has 132 valence electrons. The molecule has 0 bridgehead atoms. The van der Waals surface area contributed by atoms with E-state index < -0.39 is 0 Å². The quantitative estimate of drug-likeness (QED) is 0.747. The molecular weight excluding hydrogens is 300 g/mol. The lowest BCUT2D eigenvalue weighted by Crippen LogP contribution is -2.58. The van der Waals surface area contributed by atoms with Crippen LogP contribution in [0.5, 0.6) is 0 Å². The highest BCUT2D eigenvalue weighted by Gasteiger charge is 2.75. The fourth-order valence-corrected chi connectivity index (χ4v) is 7.77. The van der Waals surface area contributed by atoms with Crippen molar-refractivity contribution in [3.63, 3.8) is 0 Å². The van der Waals surface area contributed by atoms with Crippen LogP contribution in [0, 0.1) is 28.6 Å². The number of allylic oxidation sites excluding steroid dienone is 2. The summed E-state index contributed by atoms with van der Waals surface area (Å²) in [4.78, 5) is 12.1. The summed E-state index contributed by atoms with van der Waals surface area (Å²) in [6.45, 7) is 6.54. The number of carbonyl (C=O) groups excluding carboxylic acids is 1. The molecule has 8 atom stereocenters. The van der Waals surface area contributed by atoms with Gasteiger partial charge in [0, 0.05) is 11.8 Å². The number of ether oxygens (including phenoxy) is 1. The molecule has 1 N–H and O–H groups in total.